The molecular weight excluding hydrogens is 228 g/mol. The molecule has 0 unspecified atom stereocenters. The Hall–Kier alpha value is -0.900. The summed E-state index contributed by atoms with van der Waals surface area (Å²) in [6.07, 6.45) is -1.80. The van der Waals surface area contributed by atoms with Gasteiger partial charge in [0.2, 0.25) is 0 Å². The van der Waals surface area contributed by atoms with Gasteiger partial charge >= 0.3 is 16.3 Å². The Morgan fingerprint density at radius 1 is 1.27 bits per heavy atom. The topological polar surface area (TPSA) is 103 Å². The third kappa shape index (κ3) is 6.23. The second-order valence-electron chi connectivity index (χ2n) is 2.35. The van der Waals surface area contributed by atoms with Crippen LogP contribution < -0.4 is 9.44 Å². The smallest absolute Gasteiger partial charge is 0.421 e. The standard InChI is InChI=1S/C6H14N2O6S/c1-12-5(13-2)4-7-15(10,11)8-6(9)14-3/h5,7H,4H2,1-3H3,(H,8,9). The highest BCUT2D eigenvalue weighted by Crippen LogP contribution is 1.89. The number of ether oxygens (including phenoxy) is 3. The van der Waals surface area contributed by atoms with Crippen LogP contribution >= 0.6 is 0 Å². The summed E-state index contributed by atoms with van der Waals surface area (Å²) in [6, 6.07) is 0. The van der Waals surface area contributed by atoms with Crippen LogP contribution in [0.15, 0.2) is 0 Å². The lowest BCUT2D eigenvalue weighted by Crippen LogP contribution is -2.43. The van der Waals surface area contributed by atoms with E-state index in [1.807, 2.05) is 4.72 Å². The Morgan fingerprint density at radius 3 is 2.20 bits per heavy atom. The molecule has 0 saturated heterocycles. The summed E-state index contributed by atoms with van der Waals surface area (Å²) in [5, 5.41) is 0. The summed E-state index contributed by atoms with van der Waals surface area (Å²) in [4.78, 5) is 10.6. The molecule has 1 amide bonds. The highest BCUT2D eigenvalue weighted by Gasteiger charge is 2.16. The van der Waals surface area contributed by atoms with Gasteiger partial charge in [-0.05, 0) is 0 Å². The van der Waals surface area contributed by atoms with Crippen molar-refractivity contribution < 1.29 is 27.4 Å². The Balaban J connectivity index is 4.10. The van der Waals surface area contributed by atoms with Crippen molar-refractivity contribution in [1.29, 1.82) is 0 Å². The summed E-state index contributed by atoms with van der Waals surface area (Å²) < 4.78 is 39.4. The van der Waals surface area contributed by atoms with Gasteiger partial charge in [0.15, 0.2) is 6.29 Å². The van der Waals surface area contributed by atoms with Crippen molar-refractivity contribution in [1.82, 2.24) is 9.44 Å². The van der Waals surface area contributed by atoms with Gasteiger partial charge in [-0.1, -0.05) is 0 Å². The molecule has 8 nitrogen and oxygen atoms in total. The average molecular weight is 242 g/mol. The molecule has 0 radical (unpaired) electrons. The molecule has 0 aromatic carbocycles. The minimum absolute atomic E-state index is 0.126. The van der Waals surface area contributed by atoms with Crippen LogP contribution in [-0.4, -0.2) is 48.7 Å². The number of methoxy groups -OCH3 is 3. The fourth-order valence-electron chi connectivity index (χ4n) is 0.628. The zero-order valence-electron chi connectivity index (χ0n) is 8.64. The number of hydrogen-bond acceptors (Lipinski definition) is 6. The zero-order valence-corrected chi connectivity index (χ0v) is 9.46. The second kappa shape index (κ2) is 6.56. The van der Waals surface area contributed by atoms with E-state index in [1.54, 1.807) is 4.72 Å². The van der Waals surface area contributed by atoms with Gasteiger partial charge in [-0.3, -0.25) is 0 Å². The first-order valence-corrected chi connectivity index (χ1v) is 5.34. The third-order valence-electron chi connectivity index (χ3n) is 1.37. The van der Waals surface area contributed by atoms with Gasteiger partial charge in [-0.15, -0.1) is 0 Å². The molecule has 0 aromatic heterocycles. The van der Waals surface area contributed by atoms with Crippen LogP contribution in [0.5, 0.6) is 0 Å². The summed E-state index contributed by atoms with van der Waals surface area (Å²) in [7, 11) is -0.174. The van der Waals surface area contributed by atoms with Gasteiger partial charge in [0.05, 0.1) is 13.7 Å². The Kier molecular flexibility index (Phi) is 6.17. The largest absolute Gasteiger partial charge is 0.452 e. The Bertz CT molecular complexity index is 286. The molecule has 15 heavy (non-hydrogen) atoms. The number of rotatable bonds is 6. The number of nitrogens with one attached hydrogen (secondary N) is 2. The molecule has 9 heteroatoms. The van der Waals surface area contributed by atoms with E-state index in [1.165, 1.54) is 14.2 Å². The summed E-state index contributed by atoms with van der Waals surface area (Å²) in [6.45, 7) is -0.126. The van der Waals surface area contributed by atoms with E-state index in [4.69, 9.17) is 9.47 Å². The summed E-state index contributed by atoms with van der Waals surface area (Å²) >= 11 is 0. The van der Waals surface area contributed by atoms with Crippen LogP contribution in [0.4, 0.5) is 4.79 Å². The molecule has 0 saturated carbocycles. The molecule has 90 valence electrons. The molecule has 2 N–H and O–H groups in total. The first kappa shape index (κ1) is 14.1. The number of carbonyl (C=O) groups excluding carboxylic acids is 1. The zero-order chi connectivity index (χ0) is 11.9. The molecule has 0 atom stereocenters. The van der Waals surface area contributed by atoms with E-state index in [0.29, 0.717) is 0 Å². The highest BCUT2D eigenvalue weighted by atomic mass is 32.2. The molecule has 0 fully saturated rings. The van der Waals surface area contributed by atoms with E-state index in [9.17, 15) is 13.2 Å². The molecule has 0 bridgehead atoms. The monoisotopic (exact) mass is 242 g/mol. The van der Waals surface area contributed by atoms with Crippen molar-refractivity contribution in [3.05, 3.63) is 0 Å². The van der Waals surface area contributed by atoms with Gasteiger partial charge in [0.25, 0.3) is 0 Å². The number of amides is 1. The predicted octanol–water partition coefficient (Wildman–Crippen LogP) is -1.20. The Labute approximate surface area is 88.1 Å². The lowest BCUT2D eigenvalue weighted by atomic mass is 10.6. The van der Waals surface area contributed by atoms with E-state index >= 15 is 0 Å². The van der Waals surface area contributed by atoms with E-state index in [-0.39, 0.29) is 6.54 Å². The van der Waals surface area contributed by atoms with E-state index < -0.39 is 22.6 Å². The second-order valence-corrected chi connectivity index (χ2v) is 3.85. The number of carbonyl (C=O) groups is 1. The lowest BCUT2D eigenvalue weighted by molar-refractivity contribution is -0.0961. The first-order valence-electron chi connectivity index (χ1n) is 3.86. The van der Waals surface area contributed by atoms with E-state index in [2.05, 4.69) is 4.74 Å². The molecular formula is C6H14N2O6S. The summed E-state index contributed by atoms with van der Waals surface area (Å²) in [5.41, 5.74) is 0. The Morgan fingerprint density at radius 2 is 1.80 bits per heavy atom. The van der Waals surface area contributed by atoms with Crippen molar-refractivity contribution in [2.24, 2.45) is 0 Å². The van der Waals surface area contributed by atoms with Gasteiger partial charge in [0, 0.05) is 14.2 Å². The third-order valence-corrected chi connectivity index (χ3v) is 2.35. The molecule has 0 aliphatic carbocycles. The normalized spacial score (nSPS) is 11.5. The molecule has 0 aliphatic heterocycles. The first-order chi connectivity index (χ1) is 6.95. The SMILES string of the molecule is COC(=O)NS(=O)(=O)NCC(OC)OC. The van der Waals surface area contributed by atoms with E-state index in [0.717, 1.165) is 7.11 Å². The average Bonchev–Trinajstić information content (AvgIpc) is 2.18. The fourth-order valence-corrected chi connectivity index (χ4v) is 1.36. The summed E-state index contributed by atoms with van der Waals surface area (Å²) in [5.74, 6) is 0. The van der Waals surface area contributed by atoms with Crippen LogP contribution in [0.3, 0.4) is 0 Å². The quantitative estimate of drug-likeness (QED) is 0.567. The van der Waals surface area contributed by atoms with Crippen molar-refractivity contribution in [3.8, 4) is 0 Å². The number of hydrogen-bond donors (Lipinski definition) is 2. The molecule has 0 rings (SSSR count). The van der Waals surface area contributed by atoms with Crippen LogP contribution in [0.1, 0.15) is 0 Å². The van der Waals surface area contributed by atoms with Crippen molar-refractivity contribution in [3.63, 3.8) is 0 Å². The van der Waals surface area contributed by atoms with Gasteiger partial charge in [-0.25, -0.2) is 9.52 Å². The minimum Gasteiger partial charge on any atom is -0.452 e. The molecule has 0 aliphatic rings. The molecule has 0 heterocycles. The predicted molar refractivity (Wildman–Crippen MR) is 50.3 cm³/mol. The maximum atomic E-state index is 11.1. The lowest BCUT2D eigenvalue weighted by Gasteiger charge is -2.14. The van der Waals surface area contributed by atoms with Crippen LogP contribution in [-0.2, 0) is 24.4 Å². The minimum atomic E-state index is -3.94. The fraction of sp³-hybridized carbons (Fsp3) is 0.833. The van der Waals surface area contributed by atoms with Gasteiger partial charge < -0.3 is 14.2 Å². The van der Waals surface area contributed by atoms with Crippen LogP contribution in [0, 0.1) is 0 Å². The molecule has 0 aromatic rings. The van der Waals surface area contributed by atoms with Gasteiger partial charge in [-0.2, -0.15) is 13.1 Å². The molecule has 0 spiro atoms. The van der Waals surface area contributed by atoms with Gasteiger partial charge in [0.1, 0.15) is 0 Å². The van der Waals surface area contributed by atoms with Crippen LogP contribution in [0.2, 0.25) is 0 Å². The van der Waals surface area contributed by atoms with Crippen molar-refractivity contribution in [2.75, 3.05) is 27.9 Å². The van der Waals surface area contributed by atoms with Crippen molar-refractivity contribution in [2.45, 2.75) is 6.29 Å². The van der Waals surface area contributed by atoms with Crippen molar-refractivity contribution >= 4 is 16.3 Å². The van der Waals surface area contributed by atoms with Crippen LogP contribution in [0.25, 0.3) is 0 Å². The maximum absolute atomic E-state index is 11.1. The maximum Gasteiger partial charge on any atom is 0.421 e. The highest BCUT2D eigenvalue weighted by molar-refractivity contribution is 7.88.